The van der Waals surface area contributed by atoms with Crippen molar-refractivity contribution in [2.75, 3.05) is 13.2 Å². The number of hydrogen-bond acceptors (Lipinski definition) is 5. The zero-order chi connectivity index (χ0) is 21.3. The van der Waals surface area contributed by atoms with Crippen molar-refractivity contribution in [1.82, 2.24) is 20.3 Å². The summed E-state index contributed by atoms with van der Waals surface area (Å²) in [6.07, 6.45) is -5.55. The zero-order valence-electron chi connectivity index (χ0n) is 15.2. The summed E-state index contributed by atoms with van der Waals surface area (Å²) >= 11 is 0. The van der Waals surface area contributed by atoms with Crippen molar-refractivity contribution in [2.45, 2.75) is 12.3 Å². The highest BCUT2D eigenvalue weighted by atomic mass is 19.4. The fraction of sp³-hybridized carbons (Fsp3) is 0.211. The van der Waals surface area contributed by atoms with Crippen LogP contribution < -0.4 is 14.8 Å². The van der Waals surface area contributed by atoms with E-state index in [2.05, 4.69) is 15.6 Å². The maximum absolute atomic E-state index is 13.6. The molecule has 0 saturated heterocycles. The fourth-order valence-corrected chi connectivity index (χ4v) is 2.93. The number of benzene rings is 2. The van der Waals surface area contributed by atoms with Gasteiger partial charge in [0.25, 0.3) is 5.91 Å². The summed E-state index contributed by atoms with van der Waals surface area (Å²) in [7, 11) is 0. The van der Waals surface area contributed by atoms with Gasteiger partial charge < -0.3 is 14.8 Å². The molecule has 2 heterocycles. The summed E-state index contributed by atoms with van der Waals surface area (Å²) in [4.78, 5) is 12.4. The third-order valence-corrected chi connectivity index (χ3v) is 4.26. The molecule has 2 aromatic carbocycles. The molecular weight excluding hydrogens is 408 g/mol. The average molecular weight is 422 g/mol. The molecule has 0 bridgehead atoms. The molecule has 0 spiro atoms. The summed E-state index contributed by atoms with van der Waals surface area (Å²) < 4.78 is 65.9. The van der Waals surface area contributed by atoms with Gasteiger partial charge in [-0.25, -0.2) is 9.07 Å². The molecule has 156 valence electrons. The van der Waals surface area contributed by atoms with Crippen molar-refractivity contribution in [3.63, 3.8) is 0 Å². The van der Waals surface area contributed by atoms with Gasteiger partial charge in [-0.05, 0) is 30.3 Å². The Morgan fingerprint density at radius 2 is 1.93 bits per heavy atom. The van der Waals surface area contributed by atoms with Crippen molar-refractivity contribution in [3.8, 4) is 17.2 Å². The molecule has 4 rings (SSSR count). The normalized spacial score (nSPS) is 15.7. The molecule has 3 aromatic rings. The SMILES string of the molecule is O=C(NCC1COc2ccccc2O1)c1nnn(-c2cccc(F)c2)c1C(F)(F)F. The molecule has 7 nitrogen and oxygen atoms in total. The summed E-state index contributed by atoms with van der Waals surface area (Å²) in [5, 5.41) is 9.13. The second-order valence-electron chi connectivity index (χ2n) is 6.38. The predicted molar refractivity (Wildman–Crippen MR) is 95.0 cm³/mol. The van der Waals surface area contributed by atoms with E-state index in [4.69, 9.17) is 9.47 Å². The lowest BCUT2D eigenvalue weighted by Gasteiger charge is -2.26. The largest absolute Gasteiger partial charge is 0.486 e. The predicted octanol–water partition coefficient (Wildman–Crippen LogP) is 3.00. The number of alkyl halides is 3. The first-order valence-corrected chi connectivity index (χ1v) is 8.78. The third kappa shape index (κ3) is 3.91. The van der Waals surface area contributed by atoms with E-state index in [-0.39, 0.29) is 18.8 Å². The Hall–Kier alpha value is -3.63. The Morgan fingerprint density at radius 1 is 1.17 bits per heavy atom. The molecule has 0 aliphatic carbocycles. The summed E-state index contributed by atoms with van der Waals surface area (Å²) in [6.45, 7) is -0.00328. The topological polar surface area (TPSA) is 78.3 Å². The van der Waals surface area contributed by atoms with Gasteiger partial charge in [0, 0.05) is 0 Å². The van der Waals surface area contributed by atoms with Crippen LogP contribution in [0.3, 0.4) is 0 Å². The van der Waals surface area contributed by atoms with Gasteiger partial charge >= 0.3 is 6.18 Å². The molecule has 1 N–H and O–H groups in total. The van der Waals surface area contributed by atoms with E-state index < -0.39 is 35.4 Å². The van der Waals surface area contributed by atoms with Crippen LogP contribution in [0, 0.1) is 5.82 Å². The van der Waals surface area contributed by atoms with Crippen molar-refractivity contribution < 1.29 is 31.8 Å². The van der Waals surface area contributed by atoms with Crippen molar-refractivity contribution in [2.24, 2.45) is 0 Å². The maximum Gasteiger partial charge on any atom is 0.435 e. The molecule has 1 aromatic heterocycles. The highest BCUT2D eigenvalue weighted by molar-refractivity contribution is 5.93. The summed E-state index contributed by atoms with van der Waals surface area (Å²) in [6, 6.07) is 11.3. The lowest BCUT2D eigenvalue weighted by molar-refractivity contribution is -0.143. The van der Waals surface area contributed by atoms with E-state index in [1.54, 1.807) is 24.3 Å². The van der Waals surface area contributed by atoms with E-state index in [0.717, 1.165) is 12.1 Å². The van der Waals surface area contributed by atoms with Crippen LogP contribution in [0.1, 0.15) is 16.2 Å². The van der Waals surface area contributed by atoms with Gasteiger partial charge in [0.2, 0.25) is 0 Å². The highest BCUT2D eigenvalue weighted by Gasteiger charge is 2.42. The molecule has 1 aliphatic rings. The van der Waals surface area contributed by atoms with Crippen LogP contribution in [-0.4, -0.2) is 40.2 Å². The van der Waals surface area contributed by atoms with Crippen LogP contribution in [0.4, 0.5) is 17.6 Å². The minimum absolute atomic E-state index is 0.111. The Labute approximate surface area is 167 Å². The van der Waals surface area contributed by atoms with Crippen LogP contribution in [-0.2, 0) is 6.18 Å². The van der Waals surface area contributed by atoms with E-state index in [1.165, 1.54) is 12.1 Å². The number of carbonyl (C=O) groups is 1. The van der Waals surface area contributed by atoms with E-state index in [0.29, 0.717) is 16.2 Å². The van der Waals surface area contributed by atoms with Crippen LogP contribution in [0.2, 0.25) is 0 Å². The Balaban J connectivity index is 1.53. The van der Waals surface area contributed by atoms with Crippen LogP contribution >= 0.6 is 0 Å². The van der Waals surface area contributed by atoms with Gasteiger partial charge in [0.05, 0.1) is 12.2 Å². The number of para-hydroxylation sites is 2. The van der Waals surface area contributed by atoms with Crippen LogP contribution in [0.5, 0.6) is 11.5 Å². The molecular formula is C19H14F4N4O3. The van der Waals surface area contributed by atoms with E-state index >= 15 is 0 Å². The first kappa shape index (κ1) is 19.7. The van der Waals surface area contributed by atoms with Gasteiger partial charge in [0.1, 0.15) is 18.5 Å². The number of fused-ring (bicyclic) bond motifs is 1. The van der Waals surface area contributed by atoms with Gasteiger partial charge in [-0.15, -0.1) is 5.10 Å². The molecule has 1 aliphatic heterocycles. The van der Waals surface area contributed by atoms with Gasteiger partial charge in [-0.2, -0.15) is 13.2 Å². The summed E-state index contributed by atoms with van der Waals surface area (Å²) in [5.41, 5.74) is -2.55. The van der Waals surface area contributed by atoms with Crippen molar-refractivity contribution >= 4 is 5.91 Å². The quantitative estimate of drug-likeness (QED) is 0.654. The number of ether oxygens (including phenoxy) is 2. The second kappa shape index (κ2) is 7.65. The van der Waals surface area contributed by atoms with Gasteiger partial charge in [-0.3, -0.25) is 4.79 Å². The smallest absolute Gasteiger partial charge is 0.435 e. The maximum atomic E-state index is 13.6. The fourth-order valence-electron chi connectivity index (χ4n) is 2.93. The monoisotopic (exact) mass is 422 g/mol. The molecule has 1 unspecified atom stereocenters. The van der Waals surface area contributed by atoms with Crippen molar-refractivity contribution in [1.29, 1.82) is 0 Å². The molecule has 0 fully saturated rings. The number of hydrogen-bond donors (Lipinski definition) is 1. The molecule has 0 saturated carbocycles. The molecule has 30 heavy (non-hydrogen) atoms. The number of amides is 1. The average Bonchev–Trinajstić information content (AvgIpc) is 3.18. The zero-order valence-corrected chi connectivity index (χ0v) is 15.2. The molecule has 1 amide bonds. The minimum Gasteiger partial charge on any atom is -0.486 e. The van der Waals surface area contributed by atoms with Crippen molar-refractivity contribution in [3.05, 3.63) is 65.7 Å². The second-order valence-corrected chi connectivity index (χ2v) is 6.38. The lowest BCUT2D eigenvalue weighted by atomic mass is 10.2. The number of rotatable bonds is 4. The minimum atomic E-state index is -4.95. The first-order chi connectivity index (χ1) is 14.3. The number of nitrogens with one attached hydrogen (secondary N) is 1. The number of carbonyl (C=O) groups excluding carboxylic acids is 1. The Bertz CT molecular complexity index is 1080. The molecule has 11 heteroatoms. The molecule has 0 radical (unpaired) electrons. The Morgan fingerprint density at radius 3 is 2.67 bits per heavy atom. The number of aromatic nitrogens is 3. The Kier molecular flexibility index (Phi) is 5.02. The van der Waals surface area contributed by atoms with Gasteiger partial charge in [0.15, 0.2) is 22.9 Å². The number of halogens is 4. The standard InChI is InChI=1S/C19H14F4N4O3/c20-11-4-3-5-12(8-11)27-17(19(21,22)23)16(25-26-27)18(28)24-9-13-10-29-14-6-1-2-7-15(14)30-13/h1-8,13H,9-10H2,(H,24,28). The van der Waals surface area contributed by atoms with E-state index in [1.807, 2.05) is 0 Å². The van der Waals surface area contributed by atoms with Gasteiger partial charge in [-0.1, -0.05) is 23.4 Å². The number of nitrogens with zero attached hydrogens (tertiary/aromatic N) is 3. The summed E-state index contributed by atoms with van der Waals surface area (Å²) in [5.74, 6) is -0.835. The van der Waals surface area contributed by atoms with Crippen LogP contribution in [0.25, 0.3) is 5.69 Å². The van der Waals surface area contributed by atoms with Crippen LogP contribution in [0.15, 0.2) is 48.5 Å². The molecule has 1 atom stereocenters. The highest BCUT2D eigenvalue weighted by Crippen LogP contribution is 2.33. The lowest BCUT2D eigenvalue weighted by Crippen LogP contribution is -2.41. The van der Waals surface area contributed by atoms with E-state index in [9.17, 15) is 22.4 Å². The third-order valence-electron chi connectivity index (χ3n) is 4.26. The first-order valence-electron chi connectivity index (χ1n) is 8.78.